The fourth-order valence-electron chi connectivity index (χ4n) is 3.17. The Bertz CT molecular complexity index is 1330. The van der Waals surface area contributed by atoms with Crippen LogP contribution in [-0.2, 0) is 11.4 Å². The molecule has 4 rings (SSSR count). The van der Waals surface area contributed by atoms with Crippen molar-refractivity contribution >= 4 is 46.5 Å². The van der Waals surface area contributed by atoms with Crippen molar-refractivity contribution in [2.24, 2.45) is 0 Å². The normalized spacial score (nSPS) is 10.3. The number of halogens is 1. The first kappa shape index (κ1) is 23.7. The van der Waals surface area contributed by atoms with Crippen LogP contribution in [0.2, 0.25) is 5.02 Å². The number of nitrogens with one attached hydrogen (secondary N) is 2. The number of benzene rings is 3. The van der Waals surface area contributed by atoms with E-state index in [2.05, 4.69) is 32.2 Å². The van der Waals surface area contributed by atoms with Gasteiger partial charge in [-0.3, -0.25) is 4.79 Å². The summed E-state index contributed by atoms with van der Waals surface area (Å²) in [5.74, 6) is 1.08. The van der Waals surface area contributed by atoms with Gasteiger partial charge in [-0.15, -0.1) is 0 Å². The lowest BCUT2D eigenvalue weighted by Gasteiger charge is -2.19. The monoisotopic (exact) mass is 486 g/mol. The van der Waals surface area contributed by atoms with E-state index in [0.717, 1.165) is 11.3 Å². The second-order valence-corrected chi connectivity index (χ2v) is 7.86. The molecule has 0 fully saturated rings. The molecule has 0 spiro atoms. The van der Waals surface area contributed by atoms with E-state index in [0.29, 0.717) is 40.7 Å². The van der Waals surface area contributed by atoms with E-state index in [1.165, 1.54) is 12.4 Å². The molecule has 0 aliphatic heterocycles. The van der Waals surface area contributed by atoms with E-state index in [9.17, 15) is 4.79 Å². The van der Waals surface area contributed by atoms with Crippen molar-refractivity contribution in [2.45, 2.75) is 6.61 Å². The Morgan fingerprint density at radius 2 is 1.86 bits per heavy atom. The summed E-state index contributed by atoms with van der Waals surface area (Å²) < 4.78 is 5.86. The SMILES string of the molecule is C=CC(=O)Nc1cccc(Nc2ncnc(N(C)c3ccc(OCc4ccccc4)c(Cl)c3)n2)c1. The standard InChI is InChI=1S/C26H23ClN6O2/c1-3-24(34)30-19-10-7-11-20(14-19)31-25-28-17-29-26(32-25)33(2)21-12-13-23(22(27)15-21)35-16-18-8-5-4-6-9-18/h3-15,17H,1,16H2,2H3,(H,30,34)(H,28,29,31,32). The number of hydrogen-bond donors (Lipinski definition) is 2. The van der Waals surface area contributed by atoms with Crippen molar-refractivity contribution in [1.82, 2.24) is 15.0 Å². The van der Waals surface area contributed by atoms with Gasteiger partial charge in [-0.25, -0.2) is 9.97 Å². The Labute approximate surface area is 208 Å². The van der Waals surface area contributed by atoms with Gasteiger partial charge >= 0.3 is 0 Å². The van der Waals surface area contributed by atoms with Gasteiger partial charge in [0.15, 0.2) is 0 Å². The van der Waals surface area contributed by atoms with Gasteiger partial charge in [-0.2, -0.15) is 4.98 Å². The van der Waals surface area contributed by atoms with E-state index < -0.39 is 0 Å². The van der Waals surface area contributed by atoms with Crippen molar-refractivity contribution in [3.05, 3.63) is 102 Å². The zero-order valence-corrected chi connectivity index (χ0v) is 19.7. The maximum Gasteiger partial charge on any atom is 0.247 e. The summed E-state index contributed by atoms with van der Waals surface area (Å²) in [5.41, 5.74) is 3.17. The highest BCUT2D eigenvalue weighted by atomic mass is 35.5. The molecule has 8 nitrogen and oxygen atoms in total. The molecule has 176 valence electrons. The van der Waals surface area contributed by atoms with Crippen LogP contribution in [-0.4, -0.2) is 27.9 Å². The molecule has 0 saturated carbocycles. The molecule has 0 aliphatic rings. The molecule has 0 radical (unpaired) electrons. The van der Waals surface area contributed by atoms with Crippen LogP contribution in [0.3, 0.4) is 0 Å². The highest BCUT2D eigenvalue weighted by molar-refractivity contribution is 6.32. The molecular weight excluding hydrogens is 464 g/mol. The maximum atomic E-state index is 11.5. The molecule has 4 aromatic rings. The van der Waals surface area contributed by atoms with Gasteiger partial charge in [0.05, 0.1) is 5.02 Å². The van der Waals surface area contributed by atoms with Crippen molar-refractivity contribution in [2.75, 3.05) is 22.6 Å². The van der Waals surface area contributed by atoms with Gasteiger partial charge in [0.25, 0.3) is 0 Å². The van der Waals surface area contributed by atoms with Crippen LogP contribution in [0.4, 0.5) is 29.0 Å². The van der Waals surface area contributed by atoms with E-state index in [1.54, 1.807) is 29.2 Å². The van der Waals surface area contributed by atoms with Crippen LogP contribution < -0.4 is 20.3 Å². The Balaban J connectivity index is 1.45. The summed E-state index contributed by atoms with van der Waals surface area (Å²) in [7, 11) is 1.83. The minimum atomic E-state index is -0.290. The second kappa shape index (κ2) is 11.1. The highest BCUT2D eigenvalue weighted by Gasteiger charge is 2.12. The summed E-state index contributed by atoms with van der Waals surface area (Å²) >= 11 is 6.47. The maximum absolute atomic E-state index is 11.5. The van der Waals surface area contributed by atoms with Gasteiger partial charge in [-0.05, 0) is 48.0 Å². The largest absolute Gasteiger partial charge is 0.487 e. The van der Waals surface area contributed by atoms with Crippen LogP contribution in [0.5, 0.6) is 5.75 Å². The zero-order chi connectivity index (χ0) is 24.6. The molecule has 0 saturated heterocycles. The van der Waals surface area contributed by atoms with Crippen molar-refractivity contribution in [3.63, 3.8) is 0 Å². The van der Waals surface area contributed by atoms with Gasteiger partial charge in [-0.1, -0.05) is 54.6 Å². The number of rotatable bonds is 9. The first-order chi connectivity index (χ1) is 17.0. The lowest BCUT2D eigenvalue weighted by molar-refractivity contribution is -0.111. The topological polar surface area (TPSA) is 92.3 Å². The van der Waals surface area contributed by atoms with Gasteiger partial charge < -0.3 is 20.3 Å². The van der Waals surface area contributed by atoms with Crippen LogP contribution in [0, 0.1) is 0 Å². The molecule has 1 heterocycles. The van der Waals surface area contributed by atoms with Crippen molar-refractivity contribution in [1.29, 1.82) is 0 Å². The van der Waals surface area contributed by atoms with Crippen molar-refractivity contribution < 1.29 is 9.53 Å². The average molecular weight is 487 g/mol. The number of nitrogens with zero attached hydrogens (tertiary/aromatic N) is 4. The molecule has 9 heteroatoms. The van der Waals surface area contributed by atoms with Gasteiger partial charge in [0.2, 0.25) is 17.8 Å². The number of amides is 1. The Morgan fingerprint density at radius 3 is 2.63 bits per heavy atom. The van der Waals surface area contributed by atoms with Gasteiger partial charge in [0, 0.05) is 24.1 Å². The van der Waals surface area contributed by atoms with E-state index in [-0.39, 0.29) is 5.91 Å². The number of carbonyl (C=O) groups is 1. The minimum Gasteiger partial charge on any atom is -0.487 e. The molecule has 3 aromatic carbocycles. The van der Waals surface area contributed by atoms with E-state index in [4.69, 9.17) is 16.3 Å². The predicted octanol–water partition coefficient (Wildman–Crippen LogP) is 5.74. The number of ether oxygens (including phenoxy) is 1. The number of anilines is 5. The lowest BCUT2D eigenvalue weighted by Crippen LogP contribution is -2.14. The molecule has 1 amide bonds. The quantitative estimate of drug-likeness (QED) is 0.291. The summed E-state index contributed by atoms with van der Waals surface area (Å²) in [4.78, 5) is 26.3. The molecule has 0 unspecified atom stereocenters. The Morgan fingerprint density at radius 1 is 1.06 bits per heavy atom. The fourth-order valence-corrected chi connectivity index (χ4v) is 3.40. The predicted molar refractivity (Wildman–Crippen MR) is 139 cm³/mol. The molecule has 0 aliphatic carbocycles. The molecule has 1 aromatic heterocycles. The first-order valence-corrected chi connectivity index (χ1v) is 11.1. The fraction of sp³-hybridized carbons (Fsp3) is 0.0769. The molecule has 0 bridgehead atoms. The van der Waals surface area contributed by atoms with Crippen LogP contribution >= 0.6 is 11.6 Å². The highest BCUT2D eigenvalue weighted by Crippen LogP contribution is 2.31. The zero-order valence-electron chi connectivity index (χ0n) is 19.0. The summed E-state index contributed by atoms with van der Waals surface area (Å²) in [6.07, 6.45) is 2.63. The number of aromatic nitrogens is 3. The smallest absolute Gasteiger partial charge is 0.247 e. The lowest BCUT2D eigenvalue weighted by atomic mass is 10.2. The second-order valence-electron chi connectivity index (χ2n) is 7.46. The molecule has 2 N–H and O–H groups in total. The third-order valence-corrected chi connectivity index (χ3v) is 5.27. The van der Waals surface area contributed by atoms with Crippen LogP contribution in [0.25, 0.3) is 0 Å². The number of hydrogen-bond acceptors (Lipinski definition) is 7. The Kier molecular flexibility index (Phi) is 7.54. The summed E-state index contributed by atoms with van der Waals surface area (Å²) in [6.45, 7) is 3.88. The van der Waals surface area contributed by atoms with Gasteiger partial charge in [0.1, 0.15) is 18.7 Å². The van der Waals surface area contributed by atoms with Crippen molar-refractivity contribution in [3.8, 4) is 5.75 Å². The van der Waals surface area contributed by atoms with E-state index in [1.807, 2.05) is 55.6 Å². The number of carbonyl (C=O) groups excluding carboxylic acids is 1. The summed E-state index contributed by atoms with van der Waals surface area (Å²) in [6, 6.07) is 22.6. The third-order valence-electron chi connectivity index (χ3n) is 4.97. The third kappa shape index (κ3) is 6.33. The summed E-state index contributed by atoms with van der Waals surface area (Å²) in [5, 5.41) is 6.32. The first-order valence-electron chi connectivity index (χ1n) is 10.7. The van der Waals surface area contributed by atoms with Crippen LogP contribution in [0.15, 0.2) is 91.8 Å². The molecular formula is C26H23ClN6O2. The minimum absolute atomic E-state index is 0.290. The van der Waals surface area contributed by atoms with Crippen LogP contribution in [0.1, 0.15) is 5.56 Å². The average Bonchev–Trinajstić information content (AvgIpc) is 2.88. The molecule has 35 heavy (non-hydrogen) atoms. The molecule has 0 atom stereocenters. The van der Waals surface area contributed by atoms with E-state index >= 15 is 0 Å². The Hall–Kier alpha value is -4.43.